The number of hydrogen-bond donors (Lipinski definition) is 1. The molecule has 0 aliphatic heterocycles. The number of aromatic nitrogens is 4. The number of para-hydroxylation sites is 2. The summed E-state index contributed by atoms with van der Waals surface area (Å²) in [5.74, 6) is 0.676. The first-order chi connectivity index (χ1) is 13.0. The number of nitrogens with one attached hydrogen (secondary N) is 1. The first kappa shape index (κ1) is 18.4. The number of benzene rings is 1. The lowest BCUT2D eigenvalue weighted by atomic mass is 10.3. The molecule has 2 heterocycles. The van der Waals surface area contributed by atoms with Crippen molar-refractivity contribution < 1.29 is 9.53 Å². The molecule has 1 N–H and O–H groups in total. The maximum absolute atomic E-state index is 12.4. The minimum Gasteiger partial charge on any atom is -0.492 e. The summed E-state index contributed by atoms with van der Waals surface area (Å²) in [6, 6.07) is 12.0. The van der Waals surface area contributed by atoms with Crippen LogP contribution in [0.2, 0.25) is 0 Å². The molecule has 0 bridgehead atoms. The lowest BCUT2D eigenvalue weighted by molar-refractivity contribution is -0.117. The Bertz CT molecular complexity index is 1020. The van der Waals surface area contributed by atoms with E-state index in [1.165, 1.54) is 6.07 Å². The van der Waals surface area contributed by atoms with Gasteiger partial charge in [-0.1, -0.05) is 12.1 Å². The second-order valence-electron chi connectivity index (χ2n) is 6.00. The van der Waals surface area contributed by atoms with Crippen molar-refractivity contribution in [1.82, 2.24) is 19.6 Å². The van der Waals surface area contributed by atoms with Gasteiger partial charge in [-0.15, -0.1) is 5.10 Å². The molecule has 0 spiro atoms. The monoisotopic (exact) mass is 367 g/mol. The van der Waals surface area contributed by atoms with E-state index in [4.69, 9.17) is 4.74 Å². The van der Waals surface area contributed by atoms with Gasteiger partial charge in [0, 0.05) is 11.8 Å². The molecule has 27 heavy (non-hydrogen) atoms. The summed E-state index contributed by atoms with van der Waals surface area (Å²) in [6.07, 6.45) is 0. The second kappa shape index (κ2) is 7.86. The van der Waals surface area contributed by atoms with E-state index in [0.29, 0.717) is 23.9 Å². The molecule has 0 saturated heterocycles. The fourth-order valence-corrected chi connectivity index (χ4v) is 2.70. The minimum atomic E-state index is -0.373. The first-order valence-electron chi connectivity index (χ1n) is 8.61. The molecule has 0 aliphatic rings. The van der Waals surface area contributed by atoms with E-state index in [1.807, 2.05) is 32.9 Å². The van der Waals surface area contributed by atoms with Crippen molar-refractivity contribution in [2.45, 2.75) is 27.3 Å². The van der Waals surface area contributed by atoms with E-state index >= 15 is 0 Å². The molecule has 3 rings (SSSR count). The average Bonchev–Trinajstić information content (AvgIpc) is 2.97. The highest BCUT2D eigenvalue weighted by molar-refractivity contribution is 5.92. The van der Waals surface area contributed by atoms with Crippen LogP contribution in [0.5, 0.6) is 5.75 Å². The van der Waals surface area contributed by atoms with Crippen molar-refractivity contribution in [2.24, 2.45) is 0 Å². The average molecular weight is 367 g/mol. The van der Waals surface area contributed by atoms with Crippen LogP contribution < -0.4 is 15.6 Å². The standard InChI is InChI=1S/C19H21N5O3/c1-4-27-16-8-6-5-7-15(16)20-18(25)12-23-19(26)10-9-17(22-23)24-14(3)11-13(2)21-24/h5-11H,4,12H2,1-3H3,(H,20,25). The number of carbonyl (C=O) groups is 1. The highest BCUT2D eigenvalue weighted by Crippen LogP contribution is 2.23. The van der Waals surface area contributed by atoms with Gasteiger partial charge in [-0.3, -0.25) is 9.59 Å². The van der Waals surface area contributed by atoms with Crippen LogP contribution in [0.1, 0.15) is 18.3 Å². The van der Waals surface area contributed by atoms with E-state index in [1.54, 1.807) is 28.9 Å². The maximum atomic E-state index is 12.4. The fraction of sp³-hybridized carbons (Fsp3) is 0.263. The Labute approximate surface area is 156 Å². The van der Waals surface area contributed by atoms with Gasteiger partial charge in [0.05, 0.1) is 18.0 Å². The lowest BCUT2D eigenvalue weighted by Crippen LogP contribution is -2.30. The van der Waals surface area contributed by atoms with E-state index in [-0.39, 0.29) is 18.0 Å². The predicted molar refractivity (Wildman–Crippen MR) is 101 cm³/mol. The second-order valence-corrected chi connectivity index (χ2v) is 6.00. The Balaban J connectivity index is 1.81. The van der Waals surface area contributed by atoms with E-state index < -0.39 is 0 Å². The molecule has 0 aliphatic carbocycles. The summed E-state index contributed by atoms with van der Waals surface area (Å²) in [6.45, 7) is 5.91. The molecule has 0 unspecified atom stereocenters. The van der Waals surface area contributed by atoms with Crippen LogP contribution in [-0.2, 0) is 11.3 Å². The first-order valence-corrected chi connectivity index (χ1v) is 8.61. The van der Waals surface area contributed by atoms with E-state index in [2.05, 4.69) is 15.5 Å². The van der Waals surface area contributed by atoms with Crippen LogP contribution in [0.15, 0.2) is 47.3 Å². The van der Waals surface area contributed by atoms with Crippen LogP contribution >= 0.6 is 0 Å². The number of aryl methyl sites for hydroxylation is 2. The van der Waals surface area contributed by atoms with Gasteiger partial charge in [0.25, 0.3) is 5.56 Å². The molecular formula is C19H21N5O3. The van der Waals surface area contributed by atoms with Gasteiger partial charge in [-0.2, -0.15) is 5.10 Å². The summed E-state index contributed by atoms with van der Waals surface area (Å²) < 4.78 is 8.24. The van der Waals surface area contributed by atoms with Gasteiger partial charge >= 0.3 is 0 Å². The van der Waals surface area contributed by atoms with Crippen molar-refractivity contribution in [3.8, 4) is 11.6 Å². The van der Waals surface area contributed by atoms with Gasteiger partial charge in [0.1, 0.15) is 12.3 Å². The smallest absolute Gasteiger partial charge is 0.267 e. The Kier molecular flexibility index (Phi) is 5.35. The van der Waals surface area contributed by atoms with E-state index in [9.17, 15) is 9.59 Å². The summed E-state index contributed by atoms with van der Waals surface area (Å²) in [4.78, 5) is 24.5. The molecule has 3 aromatic rings. The zero-order valence-electron chi connectivity index (χ0n) is 15.5. The van der Waals surface area contributed by atoms with Crippen molar-refractivity contribution >= 4 is 11.6 Å². The van der Waals surface area contributed by atoms with Crippen molar-refractivity contribution in [3.63, 3.8) is 0 Å². The van der Waals surface area contributed by atoms with Gasteiger partial charge < -0.3 is 10.1 Å². The molecule has 0 saturated carbocycles. The minimum absolute atomic E-state index is 0.216. The summed E-state index contributed by atoms with van der Waals surface area (Å²) in [5, 5.41) is 11.4. The number of hydrogen-bond acceptors (Lipinski definition) is 5. The number of rotatable bonds is 6. The normalized spacial score (nSPS) is 10.6. The molecule has 0 atom stereocenters. The summed E-state index contributed by atoms with van der Waals surface area (Å²) in [5.41, 5.74) is 1.92. The zero-order chi connectivity index (χ0) is 19.4. The summed E-state index contributed by atoms with van der Waals surface area (Å²) >= 11 is 0. The topological polar surface area (TPSA) is 91.0 Å². The highest BCUT2D eigenvalue weighted by Gasteiger charge is 2.12. The largest absolute Gasteiger partial charge is 0.492 e. The SMILES string of the molecule is CCOc1ccccc1NC(=O)Cn1nc(-n2nc(C)cc2C)ccc1=O. The molecule has 1 amide bonds. The van der Waals surface area contributed by atoms with Gasteiger partial charge in [-0.05, 0) is 45.0 Å². The van der Waals surface area contributed by atoms with Gasteiger partial charge in [0.2, 0.25) is 5.91 Å². The Morgan fingerprint density at radius 3 is 2.63 bits per heavy atom. The Hall–Kier alpha value is -3.42. The van der Waals surface area contributed by atoms with Crippen LogP contribution in [0.25, 0.3) is 5.82 Å². The van der Waals surface area contributed by atoms with Crippen molar-refractivity contribution in [1.29, 1.82) is 0 Å². The quantitative estimate of drug-likeness (QED) is 0.720. The van der Waals surface area contributed by atoms with Crippen LogP contribution in [0.4, 0.5) is 5.69 Å². The third-order valence-electron chi connectivity index (χ3n) is 3.83. The lowest BCUT2D eigenvalue weighted by Gasteiger charge is -2.12. The maximum Gasteiger partial charge on any atom is 0.267 e. The third kappa shape index (κ3) is 4.22. The van der Waals surface area contributed by atoms with Crippen LogP contribution in [0, 0.1) is 13.8 Å². The number of ether oxygens (including phenoxy) is 1. The van der Waals surface area contributed by atoms with Crippen LogP contribution in [0.3, 0.4) is 0 Å². The van der Waals surface area contributed by atoms with Crippen LogP contribution in [-0.4, -0.2) is 32.1 Å². The Morgan fingerprint density at radius 2 is 1.93 bits per heavy atom. The van der Waals surface area contributed by atoms with Crippen molar-refractivity contribution in [2.75, 3.05) is 11.9 Å². The summed E-state index contributed by atoms with van der Waals surface area (Å²) in [7, 11) is 0. The van der Waals surface area contributed by atoms with E-state index in [0.717, 1.165) is 16.1 Å². The molecule has 0 radical (unpaired) electrons. The molecule has 140 valence electrons. The molecule has 2 aromatic heterocycles. The van der Waals surface area contributed by atoms with Crippen molar-refractivity contribution in [3.05, 3.63) is 64.2 Å². The number of carbonyl (C=O) groups excluding carboxylic acids is 1. The molecule has 8 heteroatoms. The molecule has 0 fully saturated rings. The Morgan fingerprint density at radius 1 is 1.15 bits per heavy atom. The molecule has 1 aromatic carbocycles. The fourth-order valence-electron chi connectivity index (χ4n) is 2.70. The molecule has 8 nitrogen and oxygen atoms in total. The number of amides is 1. The number of anilines is 1. The third-order valence-corrected chi connectivity index (χ3v) is 3.83. The number of nitrogens with zero attached hydrogens (tertiary/aromatic N) is 4. The van der Waals surface area contributed by atoms with Gasteiger partial charge in [-0.25, -0.2) is 9.36 Å². The van der Waals surface area contributed by atoms with Gasteiger partial charge in [0.15, 0.2) is 5.82 Å². The highest BCUT2D eigenvalue weighted by atomic mass is 16.5. The molecular weight excluding hydrogens is 346 g/mol. The predicted octanol–water partition coefficient (Wildman–Crippen LogP) is 2.08. The zero-order valence-corrected chi connectivity index (χ0v) is 15.5.